The molecule has 148 valence electrons. The van der Waals surface area contributed by atoms with Crippen LogP contribution in [0.15, 0.2) is 72.1 Å². The second-order valence-corrected chi connectivity index (χ2v) is 7.17. The molecule has 0 N–H and O–H groups in total. The van der Waals surface area contributed by atoms with E-state index in [4.69, 9.17) is 4.74 Å². The lowest BCUT2D eigenvalue weighted by Crippen LogP contribution is -2.31. The molecular formula is C22H20N2O4S. The van der Waals surface area contributed by atoms with E-state index in [-0.39, 0.29) is 17.4 Å². The Labute approximate surface area is 172 Å². The molecule has 2 amide bonds. The molecule has 0 aliphatic carbocycles. The van der Waals surface area contributed by atoms with Crippen LogP contribution in [0.1, 0.15) is 20.0 Å². The molecule has 29 heavy (non-hydrogen) atoms. The van der Waals surface area contributed by atoms with Gasteiger partial charge in [0.2, 0.25) is 0 Å². The maximum absolute atomic E-state index is 12.6. The minimum Gasteiger partial charge on any atom is -0.452 e. The molecule has 1 heterocycles. The van der Waals surface area contributed by atoms with Gasteiger partial charge < -0.3 is 14.5 Å². The van der Waals surface area contributed by atoms with Crippen molar-refractivity contribution >= 4 is 40.5 Å². The average Bonchev–Trinajstić information content (AvgIpc) is 3.31. The zero-order valence-electron chi connectivity index (χ0n) is 16.1. The number of hydrogen-bond acceptors (Lipinski definition) is 5. The molecule has 0 aliphatic rings. The maximum Gasteiger partial charge on any atom is 0.340 e. The summed E-state index contributed by atoms with van der Waals surface area (Å²) >= 11 is 1.33. The van der Waals surface area contributed by atoms with Crippen molar-refractivity contribution < 1.29 is 19.1 Å². The van der Waals surface area contributed by atoms with Gasteiger partial charge in [0.1, 0.15) is 0 Å². The van der Waals surface area contributed by atoms with Crippen molar-refractivity contribution in [1.29, 1.82) is 0 Å². The summed E-state index contributed by atoms with van der Waals surface area (Å²) in [5.74, 6) is -1.24. The Morgan fingerprint density at radius 1 is 0.862 bits per heavy atom. The van der Waals surface area contributed by atoms with Crippen molar-refractivity contribution in [3.8, 4) is 0 Å². The van der Waals surface area contributed by atoms with E-state index >= 15 is 0 Å². The van der Waals surface area contributed by atoms with Crippen LogP contribution in [0.25, 0.3) is 0 Å². The molecule has 2 aromatic carbocycles. The molecule has 1 aromatic heterocycles. The summed E-state index contributed by atoms with van der Waals surface area (Å²) in [5.41, 5.74) is 1.34. The van der Waals surface area contributed by atoms with Crippen molar-refractivity contribution in [2.45, 2.75) is 0 Å². The van der Waals surface area contributed by atoms with Gasteiger partial charge in [0.25, 0.3) is 11.8 Å². The fourth-order valence-corrected chi connectivity index (χ4v) is 3.41. The third-order valence-electron chi connectivity index (χ3n) is 4.37. The van der Waals surface area contributed by atoms with E-state index in [1.54, 1.807) is 62.6 Å². The summed E-state index contributed by atoms with van der Waals surface area (Å²) in [6.45, 7) is -0.402. The molecule has 0 saturated heterocycles. The van der Waals surface area contributed by atoms with E-state index < -0.39 is 12.6 Å². The number of hydrogen-bond donors (Lipinski definition) is 0. The molecule has 0 unspecified atom stereocenters. The van der Waals surface area contributed by atoms with E-state index in [1.807, 2.05) is 23.6 Å². The molecule has 7 heteroatoms. The Balaban J connectivity index is 1.70. The number of anilines is 2. The van der Waals surface area contributed by atoms with Crippen LogP contribution < -0.4 is 9.80 Å². The fraction of sp³-hybridized carbons (Fsp3) is 0.136. The second-order valence-electron chi connectivity index (χ2n) is 6.22. The van der Waals surface area contributed by atoms with Crippen LogP contribution in [0.3, 0.4) is 0 Å². The summed E-state index contributed by atoms with van der Waals surface area (Å²) in [6, 6.07) is 19.3. The van der Waals surface area contributed by atoms with Crippen LogP contribution in [0.2, 0.25) is 0 Å². The lowest BCUT2D eigenvalue weighted by molar-refractivity contribution is -0.121. The topological polar surface area (TPSA) is 66.9 Å². The van der Waals surface area contributed by atoms with E-state index in [1.165, 1.54) is 21.1 Å². The smallest absolute Gasteiger partial charge is 0.340 e. The van der Waals surface area contributed by atoms with E-state index in [0.29, 0.717) is 16.3 Å². The normalized spacial score (nSPS) is 10.3. The van der Waals surface area contributed by atoms with Crippen LogP contribution in [-0.2, 0) is 9.53 Å². The zero-order valence-corrected chi connectivity index (χ0v) is 16.9. The number of rotatable bonds is 6. The number of amides is 2. The number of carbonyl (C=O) groups is 3. The Hall–Kier alpha value is -3.45. The maximum atomic E-state index is 12.6. The summed E-state index contributed by atoms with van der Waals surface area (Å²) < 4.78 is 5.23. The second kappa shape index (κ2) is 9.16. The number of ether oxygens (including phenoxy) is 1. The van der Waals surface area contributed by atoms with Gasteiger partial charge in [-0.2, -0.15) is 0 Å². The summed E-state index contributed by atoms with van der Waals surface area (Å²) in [4.78, 5) is 41.0. The van der Waals surface area contributed by atoms with E-state index in [2.05, 4.69) is 0 Å². The van der Waals surface area contributed by atoms with Crippen molar-refractivity contribution in [1.82, 2.24) is 0 Å². The number of thiophene rings is 1. The van der Waals surface area contributed by atoms with Gasteiger partial charge in [-0.05, 0) is 35.7 Å². The highest BCUT2D eigenvalue weighted by atomic mass is 32.1. The Kier molecular flexibility index (Phi) is 6.41. The molecule has 0 spiro atoms. The average molecular weight is 408 g/mol. The van der Waals surface area contributed by atoms with Gasteiger partial charge in [0, 0.05) is 19.8 Å². The highest BCUT2D eigenvalue weighted by Crippen LogP contribution is 2.23. The molecule has 0 radical (unpaired) electrons. The van der Waals surface area contributed by atoms with Crippen molar-refractivity contribution in [3.05, 3.63) is 82.6 Å². The van der Waals surface area contributed by atoms with Gasteiger partial charge >= 0.3 is 5.97 Å². The quantitative estimate of drug-likeness (QED) is 0.581. The standard InChI is InChI=1S/C22H20N2O4S/c1-23(16-9-4-3-5-10-16)20(25)15-28-22(27)17-11-6-7-12-18(17)24(2)21(26)19-13-8-14-29-19/h3-14H,15H2,1-2H3. The molecule has 6 nitrogen and oxygen atoms in total. The number of likely N-dealkylation sites (N-methyl/N-ethyl adjacent to an activating group) is 1. The highest BCUT2D eigenvalue weighted by Gasteiger charge is 2.22. The SMILES string of the molecule is CN(C(=O)COC(=O)c1ccccc1N(C)C(=O)c1cccs1)c1ccccc1. The minimum absolute atomic E-state index is 0.218. The summed E-state index contributed by atoms with van der Waals surface area (Å²) in [5, 5.41) is 1.82. The van der Waals surface area contributed by atoms with Crippen molar-refractivity contribution in [2.24, 2.45) is 0 Å². The molecule has 3 aromatic rings. The van der Waals surface area contributed by atoms with Crippen molar-refractivity contribution in [3.63, 3.8) is 0 Å². The fourth-order valence-electron chi connectivity index (χ4n) is 2.71. The Morgan fingerprint density at radius 3 is 2.24 bits per heavy atom. The first kappa shape index (κ1) is 20.3. The van der Waals surface area contributed by atoms with Gasteiger partial charge in [-0.25, -0.2) is 4.79 Å². The molecule has 0 bridgehead atoms. The van der Waals surface area contributed by atoms with Crippen LogP contribution in [0.5, 0.6) is 0 Å². The Morgan fingerprint density at radius 2 is 1.55 bits per heavy atom. The van der Waals surface area contributed by atoms with Gasteiger partial charge in [0.05, 0.1) is 16.1 Å². The van der Waals surface area contributed by atoms with E-state index in [0.717, 1.165) is 0 Å². The lowest BCUT2D eigenvalue weighted by atomic mass is 10.1. The Bertz CT molecular complexity index is 1000. The van der Waals surface area contributed by atoms with Crippen molar-refractivity contribution in [2.75, 3.05) is 30.5 Å². The predicted molar refractivity (Wildman–Crippen MR) is 114 cm³/mol. The molecule has 0 saturated carbocycles. The van der Waals surface area contributed by atoms with Crippen LogP contribution in [-0.4, -0.2) is 38.5 Å². The molecular weight excluding hydrogens is 388 g/mol. The van der Waals surface area contributed by atoms with Gasteiger partial charge in [-0.1, -0.05) is 36.4 Å². The van der Waals surface area contributed by atoms with Crippen LogP contribution >= 0.6 is 11.3 Å². The molecule has 0 fully saturated rings. The number of esters is 1. The molecule has 0 atom stereocenters. The largest absolute Gasteiger partial charge is 0.452 e. The number of carbonyl (C=O) groups excluding carboxylic acids is 3. The number of nitrogens with zero attached hydrogens (tertiary/aromatic N) is 2. The summed E-state index contributed by atoms with van der Waals surface area (Å²) in [7, 11) is 3.22. The monoisotopic (exact) mass is 408 g/mol. The number of benzene rings is 2. The third-order valence-corrected chi connectivity index (χ3v) is 5.22. The first-order chi connectivity index (χ1) is 14.0. The van der Waals surface area contributed by atoms with Crippen LogP contribution in [0.4, 0.5) is 11.4 Å². The van der Waals surface area contributed by atoms with Crippen LogP contribution in [0, 0.1) is 0 Å². The van der Waals surface area contributed by atoms with Gasteiger partial charge in [-0.3, -0.25) is 9.59 Å². The first-order valence-electron chi connectivity index (χ1n) is 8.88. The lowest BCUT2D eigenvalue weighted by Gasteiger charge is -2.20. The van der Waals surface area contributed by atoms with E-state index in [9.17, 15) is 14.4 Å². The zero-order chi connectivity index (χ0) is 20.8. The minimum atomic E-state index is -0.666. The molecule has 0 aliphatic heterocycles. The first-order valence-corrected chi connectivity index (χ1v) is 9.76. The predicted octanol–water partition coefficient (Wildman–Crippen LogP) is 3.84. The third kappa shape index (κ3) is 4.70. The molecule has 3 rings (SSSR count). The van der Waals surface area contributed by atoms with Gasteiger partial charge in [-0.15, -0.1) is 11.3 Å². The van der Waals surface area contributed by atoms with Gasteiger partial charge in [0.15, 0.2) is 6.61 Å². The number of para-hydroxylation sites is 2. The summed E-state index contributed by atoms with van der Waals surface area (Å²) in [6.07, 6.45) is 0. The highest BCUT2D eigenvalue weighted by molar-refractivity contribution is 7.12.